The molecule has 2 atom stereocenters. The van der Waals surface area contributed by atoms with Crippen LogP contribution in [-0.2, 0) is 10.9 Å². The average Bonchev–Trinajstić information content (AvgIpc) is 3.07. The lowest BCUT2D eigenvalue weighted by Crippen LogP contribution is -2.25. The van der Waals surface area contributed by atoms with Crippen LogP contribution >= 0.6 is 0 Å². The second-order valence-electron chi connectivity index (χ2n) is 5.78. The molecule has 26 heavy (non-hydrogen) atoms. The van der Waals surface area contributed by atoms with E-state index in [9.17, 15) is 18.0 Å². The summed E-state index contributed by atoms with van der Waals surface area (Å²) in [5, 5.41) is 0. The fraction of sp³-hybridized carbons (Fsp3) is 0.368. The number of carbonyl (C=O) groups is 1. The highest BCUT2D eigenvalue weighted by Gasteiger charge is 2.40. The van der Waals surface area contributed by atoms with Gasteiger partial charge in [0.1, 0.15) is 5.69 Å². The minimum atomic E-state index is -4.69. The first-order valence-corrected chi connectivity index (χ1v) is 8.03. The van der Waals surface area contributed by atoms with Crippen LogP contribution in [-0.4, -0.2) is 22.1 Å². The number of esters is 1. The largest absolute Gasteiger partial charge is 0.449 e. The van der Waals surface area contributed by atoms with E-state index in [1.54, 1.807) is 20.8 Å². The molecular weight excluding hydrogens is 345 g/mol. The lowest BCUT2D eigenvalue weighted by Gasteiger charge is -2.25. The van der Waals surface area contributed by atoms with E-state index in [4.69, 9.17) is 4.74 Å². The zero-order valence-corrected chi connectivity index (χ0v) is 14.7. The van der Waals surface area contributed by atoms with Crippen molar-refractivity contribution in [3.05, 3.63) is 53.6 Å². The number of nitrogens with zero attached hydrogens (tertiary/aromatic N) is 2. The summed E-state index contributed by atoms with van der Waals surface area (Å²) >= 11 is 0. The third-order valence-corrected chi connectivity index (χ3v) is 4.17. The molecule has 138 valence electrons. The average molecular weight is 364 g/mol. The van der Waals surface area contributed by atoms with Crippen molar-refractivity contribution in [1.82, 2.24) is 9.55 Å². The Labute approximate surface area is 150 Å². The Bertz CT molecular complexity index is 817. The minimum Gasteiger partial charge on any atom is -0.448 e. The zero-order valence-electron chi connectivity index (χ0n) is 14.7. The Balaban J connectivity index is 2.44. The van der Waals surface area contributed by atoms with Crippen LogP contribution in [0.4, 0.5) is 13.2 Å². The second-order valence-corrected chi connectivity index (χ2v) is 5.78. The van der Waals surface area contributed by atoms with Gasteiger partial charge in [-0.05, 0) is 19.4 Å². The number of rotatable bonds is 5. The van der Waals surface area contributed by atoms with Gasteiger partial charge in [0, 0.05) is 12.0 Å². The van der Waals surface area contributed by atoms with Gasteiger partial charge in [0.25, 0.3) is 0 Å². The van der Waals surface area contributed by atoms with Crippen molar-refractivity contribution in [2.75, 3.05) is 6.61 Å². The lowest BCUT2D eigenvalue weighted by atomic mass is 9.94. The smallest absolute Gasteiger partial charge is 0.448 e. The van der Waals surface area contributed by atoms with Gasteiger partial charge < -0.3 is 9.30 Å². The SMILES string of the molecule is CC#CCOC(=O)c1cnc(C(F)(F)F)n1[C@H](C)C(C)c1ccccc1. The van der Waals surface area contributed by atoms with Crippen LogP contribution in [0.3, 0.4) is 0 Å². The molecule has 0 aliphatic heterocycles. The van der Waals surface area contributed by atoms with Crippen LogP contribution in [0, 0.1) is 11.8 Å². The number of benzene rings is 1. The lowest BCUT2D eigenvalue weighted by molar-refractivity contribution is -0.148. The van der Waals surface area contributed by atoms with Crippen LogP contribution in [0.1, 0.15) is 54.6 Å². The quantitative estimate of drug-likeness (QED) is 0.582. The number of ether oxygens (including phenoxy) is 1. The molecule has 0 aliphatic rings. The normalized spacial score (nSPS) is 13.5. The van der Waals surface area contributed by atoms with Gasteiger partial charge in [-0.2, -0.15) is 13.2 Å². The molecule has 0 fully saturated rings. The first-order valence-electron chi connectivity index (χ1n) is 8.03. The summed E-state index contributed by atoms with van der Waals surface area (Å²) in [6.07, 6.45) is -3.79. The van der Waals surface area contributed by atoms with E-state index < -0.39 is 24.0 Å². The van der Waals surface area contributed by atoms with Crippen molar-refractivity contribution in [3.63, 3.8) is 0 Å². The van der Waals surface area contributed by atoms with Crippen molar-refractivity contribution in [1.29, 1.82) is 0 Å². The van der Waals surface area contributed by atoms with Gasteiger partial charge in [0.15, 0.2) is 6.61 Å². The topological polar surface area (TPSA) is 44.1 Å². The van der Waals surface area contributed by atoms with Crippen molar-refractivity contribution in [3.8, 4) is 11.8 Å². The van der Waals surface area contributed by atoms with Crippen molar-refractivity contribution in [2.24, 2.45) is 0 Å². The molecule has 4 nitrogen and oxygen atoms in total. The Kier molecular flexibility index (Phi) is 6.09. The molecule has 0 aliphatic carbocycles. The first-order chi connectivity index (χ1) is 12.3. The maximum Gasteiger partial charge on any atom is 0.449 e. The molecule has 0 spiro atoms. The molecule has 2 aromatic rings. The van der Waals surface area contributed by atoms with E-state index in [1.165, 1.54) is 0 Å². The Morgan fingerprint density at radius 1 is 1.27 bits per heavy atom. The number of halogens is 3. The summed E-state index contributed by atoms with van der Waals surface area (Å²) in [7, 11) is 0. The van der Waals surface area contributed by atoms with Crippen LogP contribution < -0.4 is 0 Å². The summed E-state index contributed by atoms with van der Waals surface area (Å²) < 4.78 is 46.0. The van der Waals surface area contributed by atoms with E-state index in [0.29, 0.717) is 0 Å². The summed E-state index contributed by atoms with van der Waals surface area (Å²) in [5.74, 6) is 2.80. The van der Waals surface area contributed by atoms with E-state index >= 15 is 0 Å². The summed E-state index contributed by atoms with van der Waals surface area (Å²) in [4.78, 5) is 15.7. The number of aromatic nitrogens is 2. The van der Waals surface area contributed by atoms with Gasteiger partial charge in [0.2, 0.25) is 5.82 Å². The first kappa shape index (κ1) is 19.6. The Morgan fingerprint density at radius 2 is 1.92 bits per heavy atom. The van der Waals surface area contributed by atoms with Gasteiger partial charge in [-0.3, -0.25) is 0 Å². The number of carbonyl (C=O) groups excluding carboxylic acids is 1. The van der Waals surface area contributed by atoms with Gasteiger partial charge >= 0.3 is 12.1 Å². The fourth-order valence-electron chi connectivity index (χ4n) is 2.64. The molecule has 0 N–H and O–H groups in total. The number of alkyl halides is 3. The van der Waals surface area contributed by atoms with Gasteiger partial charge in [-0.15, -0.1) is 5.92 Å². The molecule has 2 rings (SSSR count). The van der Waals surface area contributed by atoms with E-state index in [0.717, 1.165) is 16.3 Å². The zero-order chi connectivity index (χ0) is 19.3. The maximum atomic E-state index is 13.4. The monoisotopic (exact) mass is 364 g/mol. The molecule has 1 unspecified atom stereocenters. The van der Waals surface area contributed by atoms with E-state index in [2.05, 4.69) is 16.8 Å². The van der Waals surface area contributed by atoms with Crippen LogP contribution in [0.5, 0.6) is 0 Å². The summed E-state index contributed by atoms with van der Waals surface area (Å²) in [6, 6.07) is 8.46. The Hall–Kier alpha value is -2.75. The highest BCUT2D eigenvalue weighted by atomic mass is 19.4. The summed E-state index contributed by atoms with van der Waals surface area (Å²) in [6.45, 7) is 4.81. The second kappa shape index (κ2) is 8.09. The number of hydrogen-bond donors (Lipinski definition) is 0. The predicted molar refractivity (Wildman–Crippen MR) is 90.5 cm³/mol. The third-order valence-electron chi connectivity index (χ3n) is 4.17. The number of hydrogen-bond acceptors (Lipinski definition) is 3. The molecular formula is C19H19F3N2O2. The van der Waals surface area contributed by atoms with Gasteiger partial charge in [0.05, 0.1) is 6.20 Å². The van der Waals surface area contributed by atoms with Crippen LogP contribution in [0.25, 0.3) is 0 Å². The maximum absolute atomic E-state index is 13.4. The van der Waals surface area contributed by atoms with Gasteiger partial charge in [-0.1, -0.05) is 43.2 Å². The van der Waals surface area contributed by atoms with Crippen LogP contribution in [0.15, 0.2) is 36.5 Å². The van der Waals surface area contributed by atoms with Crippen LogP contribution in [0.2, 0.25) is 0 Å². The fourth-order valence-corrected chi connectivity index (χ4v) is 2.64. The molecule has 1 aromatic heterocycles. The predicted octanol–water partition coefficient (Wildman–Crippen LogP) is 4.45. The minimum absolute atomic E-state index is 0.190. The molecule has 0 saturated heterocycles. The van der Waals surface area contributed by atoms with Gasteiger partial charge in [-0.25, -0.2) is 9.78 Å². The highest BCUT2D eigenvalue weighted by Crippen LogP contribution is 2.36. The molecule has 7 heteroatoms. The number of imidazole rings is 1. The standard InChI is InChI=1S/C19H19F3N2O2/c1-4-5-11-26-17(25)16-12-23-18(19(20,21)22)24(16)14(3)13(2)15-9-7-6-8-10-15/h6-10,12-14H,11H2,1-3H3/t13?,14-/m1/s1. The summed E-state index contributed by atoms with van der Waals surface area (Å²) in [5.41, 5.74) is 0.614. The Morgan fingerprint density at radius 3 is 2.50 bits per heavy atom. The highest BCUT2D eigenvalue weighted by molar-refractivity contribution is 5.87. The molecule has 0 radical (unpaired) electrons. The molecule has 0 amide bonds. The molecule has 0 bridgehead atoms. The van der Waals surface area contributed by atoms with Crippen molar-refractivity contribution >= 4 is 5.97 Å². The van der Waals surface area contributed by atoms with Crippen molar-refractivity contribution in [2.45, 2.75) is 38.9 Å². The third kappa shape index (κ3) is 4.26. The molecule has 0 saturated carbocycles. The molecule has 1 heterocycles. The molecule has 1 aromatic carbocycles. The van der Waals surface area contributed by atoms with E-state index in [-0.39, 0.29) is 18.2 Å². The van der Waals surface area contributed by atoms with Crippen molar-refractivity contribution < 1.29 is 22.7 Å². The van der Waals surface area contributed by atoms with E-state index in [1.807, 2.05) is 30.3 Å².